The average molecular weight is 372 g/mol. The number of carbonyl (C=O) groups is 2. The van der Waals surface area contributed by atoms with Crippen LogP contribution in [0.25, 0.3) is 0 Å². The van der Waals surface area contributed by atoms with Crippen molar-refractivity contribution in [3.63, 3.8) is 0 Å². The molecule has 0 spiro atoms. The van der Waals surface area contributed by atoms with E-state index in [1.165, 1.54) is 13.4 Å². The fraction of sp³-hybridized carbons (Fsp3) is 0.789. The molecule has 0 aliphatic heterocycles. The number of esters is 2. The molecule has 0 bridgehead atoms. The second-order valence-corrected chi connectivity index (χ2v) is 6.48. The van der Waals surface area contributed by atoms with Crippen molar-refractivity contribution in [2.24, 2.45) is 0 Å². The van der Waals surface area contributed by atoms with Gasteiger partial charge in [0, 0.05) is 13.1 Å². The highest BCUT2D eigenvalue weighted by Crippen LogP contribution is 1.99. The minimum absolute atomic E-state index is 0.158. The molecular weight excluding hydrogens is 334 g/mol. The van der Waals surface area contributed by atoms with Crippen LogP contribution in [0.5, 0.6) is 0 Å². The summed E-state index contributed by atoms with van der Waals surface area (Å²) in [7, 11) is 5.48. The number of rotatable bonds is 16. The first-order valence-electron chi connectivity index (χ1n) is 9.39. The summed E-state index contributed by atoms with van der Waals surface area (Å²) in [6.45, 7) is 12.0. The van der Waals surface area contributed by atoms with Crippen LogP contribution in [0.3, 0.4) is 0 Å². The largest absolute Gasteiger partial charge is 0.469 e. The lowest BCUT2D eigenvalue weighted by atomic mass is 10.3. The number of hydrogen-bond acceptors (Lipinski definition) is 7. The highest BCUT2D eigenvalue weighted by molar-refractivity contribution is 5.70. The van der Waals surface area contributed by atoms with Crippen molar-refractivity contribution in [2.75, 3.05) is 67.0 Å². The summed E-state index contributed by atoms with van der Waals surface area (Å²) in [6.07, 6.45) is 4.15. The summed E-state index contributed by atoms with van der Waals surface area (Å²) in [5.41, 5.74) is 0. The molecule has 0 aliphatic carbocycles. The van der Waals surface area contributed by atoms with Crippen molar-refractivity contribution in [3.05, 3.63) is 12.8 Å². The third-order valence-electron chi connectivity index (χ3n) is 4.31. The molecule has 0 atom stereocenters. The Morgan fingerprint density at radius 1 is 0.885 bits per heavy atom. The Balaban J connectivity index is 3.80. The average Bonchev–Trinajstić information content (AvgIpc) is 2.63. The molecule has 0 heterocycles. The molecule has 0 N–H and O–H groups in total. The molecule has 0 fully saturated rings. The van der Waals surface area contributed by atoms with Gasteiger partial charge < -0.3 is 24.2 Å². The molecule has 0 saturated carbocycles. The molecule has 0 aromatic heterocycles. The minimum atomic E-state index is -0.238. The Bertz CT molecular complexity index is 404. The van der Waals surface area contributed by atoms with Crippen LogP contribution < -0.4 is 0 Å². The van der Waals surface area contributed by atoms with E-state index in [0.717, 1.165) is 52.1 Å². The van der Waals surface area contributed by atoms with Gasteiger partial charge >= 0.3 is 11.9 Å². The van der Waals surface area contributed by atoms with Crippen LogP contribution in [0.1, 0.15) is 32.6 Å². The highest BCUT2D eigenvalue weighted by atomic mass is 16.5. The summed E-state index contributed by atoms with van der Waals surface area (Å²) in [5, 5.41) is 0. The topological polar surface area (TPSA) is 62.3 Å². The summed E-state index contributed by atoms with van der Waals surface area (Å²) in [6, 6.07) is 0. The monoisotopic (exact) mass is 371 g/mol. The predicted octanol–water partition coefficient (Wildman–Crippen LogP) is 1.59. The Kier molecular flexibility index (Phi) is 14.9. The van der Waals surface area contributed by atoms with Gasteiger partial charge in [0.1, 0.15) is 0 Å². The molecule has 0 aromatic carbocycles. The maximum Gasteiger partial charge on any atom is 0.311 e. The molecule has 0 unspecified atom stereocenters. The molecule has 152 valence electrons. The maximum absolute atomic E-state index is 11.3. The van der Waals surface area contributed by atoms with Crippen LogP contribution in [0.2, 0.25) is 0 Å². The van der Waals surface area contributed by atoms with Gasteiger partial charge in [-0.1, -0.05) is 13.5 Å². The second kappa shape index (κ2) is 15.8. The zero-order valence-electron chi connectivity index (χ0n) is 17.0. The van der Waals surface area contributed by atoms with E-state index in [1.807, 2.05) is 14.1 Å². The van der Waals surface area contributed by atoms with Crippen molar-refractivity contribution in [1.29, 1.82) is 0 Å². The molecule has 0 saturated heterocycles. The first-order chi connectivity index (χ1) is 12.4. The third kappa shape index (κ3) is 13.8. The molecule has 0 aliphatic rings. The van der Waals surface area contributed by atoms with Crippen LogP contribution in [-0.2, 0) is 19.1 Å². The number of hydrogen-bond donors (Lipinski definition) is 0. The van der Waals surface area contributed by atoms with Gasteiger partial charge in [0.25, 0.3) is 0 Å². The lowest BCUT2D eigenvalue weighted by Crippen LogP contribution is -2.32. The van der Waals surface area contributed by atoms with Crippen LogP contribution >= 0.6 is 0 Å². The Hall–Kier alpha value is -1.44. The molecule has 0 aromatic rings. The van der Waals surface area contributed by atoms with Crippen molar-refractivity contribution < 1.29 is 19.1 Å². The van der Waals surface area contributed by atoms with Crippen LogP contribution in [0.4, 0.5) is 0 Å². The van der Waals surface area contributed by atoms with Crippen molar-refractivity contribution in [3.8, 4) is 0 Å². The molecule has 26 heavy (non-hydrogen) atoms. The fourth-order valence-electron chi connectivity index (χ4n) is 2.60. The molecule has 0 rings (SSSR count). The van der Waals surface area contributed by atoms with E-state index >= 15 is 0 Å². The molecule has 7 nitrogen and oxygen atoms in total. The summed E-state index contributed by atoms with van der Waals surface area (Å²) < 4.78 is 9.37. The van der Waals surface area contributed by atoms with Gasteiger partial charge in [0.05, 0.1) is 26.2 Å². The minimum Gasteiger partial charge on any atom is -0.469 e. The lowest BCUT2D eigenvalue weighted by molar-refractivity contribution is -0.141. The summed E-state index contributed by atoms with van der Waals surface area (Å²) in [5.74, 6) is -0.396. The van der Waals surface area contributed by atoms with E-state index in [0.29, 0.717) is 19.4 Å². The first-order valence-corrected chi connectivity index (χ1v) is 9.39. The Morgan fingerprint density at radius 3 is 1.81 bits per heavy atom. The van der Waals surface area contributed by atoms with E-state index in [4.69, 9.17) is 4.74 Å². The van der Waals surface area contributed by atoms with Crippen molar-refractivity contribution in [1.82, 2.24) is 14.7 Å². The Labute approximate surface area is 158 Å². The first kappa shape index (κ1) is 24.6. The van der Waals surface area contributed by atoms with E-state index in [2.05, 4.69) is 32.9 Å². The second-order valence-electron chi connectivity index (χ2n) is 6.48. The van der Waals surface area contributed by atoms with Gasteiger partial charge in [0.2, 0.25) is 0 Å². The predicted molar refractivity (Wildman–Crippen MR) is 104 cm³/mol. The van der Waals surface area contributed by atoms with Gasteiger partial charge in [-0.25, -0.2) is 0 Å². The van der Waals surface area contributed by atoms with Gasteiger partial charge in [0.15, 0.2) is 0 Å². The van der Waals surface area contributed by atoms with Gasteiger partial charge in [-0.15, -0.1) is 0 Å². The number of nitrogens with zero attached hydrogens (tertiary/aromatic N) is 3. The van der Waals surface area contributed by atoms with Crippen molar-refractivity contribution in [2.45, 2.75) is 32.6 Å². The normalized spacial score (nSPS) is 11.2. The smallest absolute Gasteiger partial charge is 0.311 e. The van der Waals surface area contributed by atoms with E-state index in [9.17, 15) is 9.59 Å². The van der Waals surface area contributed by atoms with Crippen LogP contribution in [0, 0.1) is 0 Å². The quantitative estimate of drug-likeness (QED) is 0.302. The standard InChI is InChI=1S/C19H37N3O4/c1-6-22(14-8-12-20(3)16-10-18(23)25-5)15-9-13-21(4)17-11-19(24)26-7-2/h7H,2,6,8-17H2,1,3-5H3. The van der Waals surface area contributed by atoms with Gasteiger partial charge in [-0.2, -0.15) is 0 Å². The zero-order valence-corrected chi connectivity index (χ0v) is 17.0. The molecule has 0 amide bonds. The SMILES string of the molecule is C=COC(=O)CCN(C)CCCN(CC)CCCN(C)CCC(=O)OC. The lowest BCUT2D eigenvalue weighted by Gasteiger charge is -2.24. The van der Waals surface area contributed by atoms with E-state index in [-0.39, 0.29) is 11.9 Å². The van der Waals surface area contributed by atoms with Crippen LogP contribution in [-0.4, -0.2) is 93.7 Å². The van der Waals surface area contributed by atoms with Gasteiger partial charge in [-0.3, -0.25) is 9.59 Å². The maximum atomic E-state index is 11.3. The molecule has 7 heteroatoms. The summed E-state index contributed by atoms with van der Waals surface area (Å²) >= 11 is 0. The third-order valence-corrected chi connectivity index (χ3v) is 4.31. The zero-order chi connectivity index (χ0) is 19.8. The fourth-order valence-corrected chi connectivity index (χ4v) is 2.60. The number of methoxy groups -OCH3 is 1. The molecular formula is C19H37N3O4. The van der Waals surface area contributed by atoms with E-state index < -0.39 is 0 Å². The number of carbonyl (C=O) groups excluding carboxylic acids is 2. The van der Waals surface area contributed by atoms with Gasteiger partial charge in [-0.05, 0) is 59.7 Å². The van der Waals surface area contributed by atoms with E-state index in [1.54, 1.807) is 0 Å². The highest BCUT2D eigenvalue weighted by Gasteiger charge is 2.08. The van der Waals surface area contributed by atoms with Crippen molar-refractivity contribution >= 4 is 11.9 Å². The molecule has 0 radical (unpaired) electrons. The Morgan fingerprint density at radius 2 is 1.38 bits per heavy atom. The number of ether oxygens (including phenoxy) is 2. The van der Waals surface area contributed by atoms with Crippen LogP contribution in [0.15, 0.2) is 12.8 Å². The summed E-state index contributed by atoms with van der Waals surface area (Å²) in [4.78, 5) is 29.2.